The Bertz CT molecular complexity index is 691. The summed E-state index contributed by atoms with van der Waals surface area (Å²) in [7, 11) is 0. The highest BCUT2D eigenvalue weighted by atomic mass is 16.3. The summed E-state index contributed by atoms with van der Waals surface area (Å²) in [5, 5.41) is 20.7. The van der Waals surface area contributed by atoms with Gasteiger partial charge in [-0.3, -0.25) is 9.59 Å². The lowest BCUT2D eigenvalue weighted by Gasteiger charge is -2.59. The van der Waals surface area contributed by atoms with Gasteiger partial charge in [0.2, 0.25) is 0 Å². The van der Waals surface area contributed by atoms with Gasteiger partial charge >= 0.3 is 0 Å². The van der Waals surface area contributed by atoms with Crippen LogP contribution in [0.2, 0.25) is 0 Å². The number of furan rings is 1. The molecule has 2 N–H and O–H groups in total. The molecule has 5 atom stereocenters. The van der Waals surface area contributed by atoms with Crippen molar-refractivity contribution in [2.24, 2.45) is 22.7 Å². The van der Waals surface area contributed by atoms with Crippen molar-refractivity contribution in [3.63, 3.8) is 0 Å². The minimum atomic E-state index is -0.982. The first-order valence-corrected chi connectivity index (χ1v) is 8.79. The Morgan fingerprint density at radius 2 is 2.16 bits per heavy atom. The van der Waals surface area contributed by atoms with Gasteiger partial charge in [0.05, 0.1) is 30.0 Å². The van der Waals surface area contributed by atoms with Gasteiger partial charge in [-0.25, -0.2) is 0 Å². The second-order valence-corrected chi connectivity index (χ2v) is 8.10. The summed E-state index contributed by atoms with van der Waals surface area (Å²) >= 11 is 0. The van der Waals surface area contributed by atoms with Crippen LogP contribution in [0, 0.1) is 22.7 Å². The summed E-state index contributed by atoms with van der Waals surface area (Å²) in [6.07, 6.45) is 3.73. The highest BCUT2D eigenvalue weighted by molar-refractivity contribution is 5.96. The number of aliphatic hydroxyl groups is 2. The number of hydrogen-bond acceptors (Lipinski definition) is 5. The van der Waals surface area contributed by atoms with Gasteiger partial charge in [0, 0.05) is 18.8 Å². The van der Waals surface area contributed by atoms with Gasteiger partial charge in [-0.2, -0.15) is 0 Å². The largest absolute Gasteiger partial charge is 0.472 e. The van der Waals surface area contributed by atoms with Crippen LogP contribution in [-0.4, -0.2) is 34.5 Å². The summed E-state index contributed by atoms with van der Waals surface area (Å²) in [5.41, 5.74) is -0.0718. The Kier molecular flexibility index (Phi) is 4.50. The highest BCUT2D eigenvalue weighted by Crippen LogP contribution is 2.60. The molecular formula is C20H26O5. The minimum absolute atomic E-state index is 0.0102. The third-order valence-electron chi connectivity index (χ3n) is 6.63. The fourth-order valence-corrected chi connectivity index (χ4v) is 5.27. The summed E-state index contributed by atoms with van der Waals surface area (Å²) in [6, 6.07) is 1.64. The zero-order chi connectivity index (χ0) is 18.4. The monoisotopic (exact) mass is 346 g/mol. The topological polar surface area (TPSA) is 87.7 Å². The maximum absolute atomic E-state index is 12.6. The zero-order valence-corrected chi connectivity index (χ0v) is 14.8. The summed E-state index contributed by atoms with van der Waals surface area (Å²) < 4.78 is 5.00. The molecule has 25 heavy (non-hydrogen) atoms. The average molecular weight is 346 g/mol. The van der Waals surface area contributed by atoms with Crippen LogP contribution in [0.15, 0.2) is 35.2 Å². The van der Waals surface area contributed by atoms with Gasteiger partial charge in [0.15, 0.2) is 5.78 Å². The molecule has 0 amide bonds. The van der Waals surface area contributed by atoms with E-state index in [1.165, 1.54) is 12.5 Å². The van der Waals surface area contributed by atoms with Crippen LogP contribution in [0.25, 0.3) is 0 Å². The fraction of sp³-hybridized carbons (Fsp3) is 0.600. The second-order valence-electron chi connectivity index (χ2n) is 8.10. The Labute approximate surface area is 147 Å². The van der Waals surface area contributed by atoms with E-state index in [-0.39, 0.29) is 36.4 Å². The van der Waals surface area contributed by atoms with Crippen LogP contribution in [-0.2, 0) is 4.79 Å². The Balaban J connectivity index is 1.97. The first-order valence-electron chi connectivity index (χ1n) is 8.79. The van der Waals surface area contributed by atoms with E-state index in [9.17, 15) is 19.8 Å². The predicted octanol–water partition coefficient (Wildman–Crippen LogP) is 2.77. The van der Waals surface area contributed by atoms with Gasteiger partial charge in [-0.15, -0.1) is 0 Å². The van der Waals surface area contributed by atoms with Gasteiger partial charge in [-0.1, -0.05) is 26.0 Å². The first-order chi connectivity index (χ1) is 11.7. The normalized spacial score (nSPS) is 38.5. The molecule has 2 aliphatic rings. The molecule has 0 radical (unpaired) electrons. The molecule has 0 aromatic carbocycles. The SMILES string of the molecule is C=C1C[C@@H](O)[C@@H]2[C@](C)(CCC(=O)[C@]2(C)CO)[C@H]1CC(=O)c1ccoc1. The average Bonchev–Trinajstić information content (AvgIpc) is 3.09. The quantitative estimate of drug-likeness (QED) is 0.646. The molecule has 2 saturated carbocycles. The van der Waals surface area contributed by atoms with Crippen molar-refractivity contribution in [1.82, 2.24) is 0 Å². The second kappa shape index (κ2) is 6.22. The number of hydrogen-bond donors (Lipinski definition) is 2. The van der Waals surface area contributed by atoms with E-state index in [4.69, 9.17) is 4.42 Å². The number of carbonyl (C=O) groups is 2. The molecular weight excluding hydrogens is 320 g/mol. The lowest BCUT2D eigenvalue weighted by atomic mass is 9.45. The highest BCUT2D eigenvalue weighted by Gasteiger charge is 2.61. The molecule has 5 nitrogen and oxygen atoms in total. The number of aliphatic hydroxyl groups excluding tert-OH is 2. The number of ketones is 2. The molecule has 1 heterocycles. The summed E-state index contributed by atoms with van der Waals surface area (Å²) in [6.45, 7) is 7.60. The first kappa shape index (κ1) is 18.1. The van der Waals surface area contributed by atoms with E-state index in [0.29, 0.717) is 24.8 Å². The third-order valence-corrected chi connectivity index (χ3v) is 6.63. The molecule has 0 aliphatic heterocycles. The van der Waals surface area contributed by atoms with Crippen molar-refractivity contribution in [3.8, 4) is 0 Å². The standard InChI is InChI=1S/C20H26O5/c1-12-8-16(23)18-19(2,6-4-17(24)20(18,3)11-21)14(12)9-15(22)13-5-7-25-10-13/h5,7,10,14,16,18,21,23H,1,4,6,8-9,11H2,2-3H3/t14-,16+,18+,19+,20-/m0/s1. The maximum Gasteiger partial charge on any atom is 0.166 e. The van der Waals surface area contributed by atoms with E-state index in [1.807, 2.05) is 6.92 Å². The molecule has 0 saturated heterocycles. The Hall–Kier alpha value is -1.72. The third kappa shape index (κ3) is 2.70. The minimum Gasteiger partial charge on any atom is -0.472 e. The molecule has 136 valence electrons. The van der Waals surface area contributed by atoms with Gasteiger partial charge in [0.1, 0.15) is 12.0 Å². The molecule has 0 spiro atoms. The Morgan fingerprint density at radius 1 is 1.44 bits per heavy atom. The number of carbonyl (C=O) groups excluding carboxylic acids is 2. The van der Waals surface area contributed by atoms with Crippen molar-refractivity contribution in [2.45, 2.75) is 45.6 Å². The van der Waals surface area contributed by atoms with Crippen LogP contribution in [0.1, 0.15) is 49.9 Å². The molecule has 1 aromatic rings. The van der Waals surface area contributed by atoms with E-state index in [1.54, 1.807) is 13.0 Å². The molecule has 3 rings (SSSR count). The van der Waals surface area contributed by atoms with Gasteiger partial charge < -0.3 is 14.6 Å². The molecule has 2 aliphatic carbocycles. The fourth-order valence-electron chi connectivity index (χ4n) is 5.27. The van der Waals surface area contributed by atoms with Gasteiger partial charge in [-0.05, 0) is 30.2 Å². The van der Waals surface area contributed by atoms with Crippen LogP contribution < -0.4 is 0 Å². The molecule has 0 unspecified atom stereocenters. The van der Waals surface area contributed by atoms with E-state index in [0.717, 1.165) is 5.57 Å². The van der Waals surface area contributed by atoms with Crippen molar-refractivity contribution in [1.29, 1.82) is 0 Å². The van der Waals surface area contributed by atoms with E-state index < -0.39 is 16.9 Å². The number of rotatable bonds is 4. The zero-order valence-electron chi connectivity index (χ0n) is 14.8. The molecule has 0 bridgehead atoms. The number of Topliss-reactive ketones (excluding diaryl/α,β-unsaturated/α-hetero) is 2. The van der Waals surface area contributed by atoms with Crippen molar-refractivity contribution in [2.75, 3.05) is 6.61 Å². The number of fused-ring (bicyclic) bond motifs is 1. The van der Waals surface area contributed by atoms with Gasteiger partial charge in [0.25, 0.3) is 0 Å². The van der Waals surface area contributed by atoms with E-state index in [2.05, 4.69) is 6.58 Å². The van der Waals surface area contributed by atoms with Crippen molar-refractivity contribution >= 4 is 11.6 Å². The lowest BCUT2D eigenvalue weighted by Crippen LogP contribution is -2.60. The van der Waals surface area contributed by atoms with Crippen LogP contribution in [0.3, 0.4) is 0 Å². The molecule has 1 aromatic heterocycles. The van der Waals surface area contributed by atoms with Crippen LogP contribution in [0.4, 0.5) is 0 Å². The van der Waals surface area contributed by atoms with Crippen LogP contribution >= 0.6 is 0 Å². The molecule has 5 heteroatoms. The summed E-state index contributed by atoms with van der Waals surface area (Å²) in [4.78, 5) is 25.1. The predicted molar refractivity (Wildman–Crippen MR) is 91.9 cm³/mol. The smallest absolute Gasteiger partial charge is 0.166 e. The van der Waals surface area contributed by atoms with Crippen molar-refractivity contribution in [3.05, 3.63) is 36.3 Å². The lowest BCUT2D eigenvalue weighted by molar-refractivity contribution is -0.167. The van der Waals surface area contributed by atoms with Crippen LogP contribution in [0.5, 0.6) is 0 Å². The Morgan fingerprint density at radius 3 is 2.76 bits per heavy atom. The maximum atomic E-state index is 12.6. The van der Waals surface area contributed by atoms with E-state index >= 15 is 0 Å². The van der Waals surface area contributed by atoms with Crippen molar-refractivity contribution < 1.29 is 24.2 Å². The summed E-state index contributed by atoms with van der Waals surface area (Å²) in [5.74, 6) is -0.566. The molecule has 2 fully saturated rings.